The molecule has 1 aromatic carbocycles. The first-order chi connectivity index (χ1) is 20.3. The molecule has 0 unspecified atom stereocenters. The predicted molar refractivity (Wildman–Crippen MR) is 166 cm³/mol. The summed E-state index contributed by atoms with van der Waals surface area (Å²) in [6.45, 7) is 15.7. The van der Waals surface area contributed by atoms with E-state index in [0.29, 0.717) is 46.2 Å². The smallest absolute Gasteiger partial charge is 0.407 e. The van der Waals surface area contributed by atoms with Crippen molar-refractivity contribution in [3.8, 4) is 16.9 Å². The van der Waals surface area contributed by atoms with Gasteiger partial charge in [-0.2, -0.15) is 4.98 Å². The molecule has 3 aromatic heterocycles. The third kappa shape index (κ3) is 5.33. The highest BCUT2D eigenvalue weighted by Gasteiger charge is 2.35. The van der Waals surface area contributed by atoms with Gasteiger partial charge in [-0.15, -0.1) is 0 Å². The molecule has 0 aliphatic carbocycles. The molecule has 1 saturated heterocycles. The molecule has 5 rings (SSSR count). The maximum absolute atomic E-state index is 15.0. The Kier molecular flexibility index (Phi) is 7.95. The number of aryl methyl sites for hydroxylation is 1. The number of rotatable bonds is 5. The second kappa shape index (κ2) is 11.4. The first-order valence-electron chi connectivity index (χ1n) is 14.0. The van der Waals surface area contributed by atoms with Gasteiger partial charge < -0.3 is 14.9 Å². The van der Waals surface area contributed by atoms with Crippen LogP contribution in [-0.2, 0) is 0 Å². The number of halogens is 2. The molecule has 1 aliphatic heterocycles. The Morgan fingerprint density at radius 2 is 1.81 bits per heavy atom. The van der Waals surface area contributed by atoms with Crippen molar-refractivity contribution in [1.82, 2.24) is 29.4 Å². The third-order valence-electron chi connectivity index (χ3n) is 7.67. The second-order valence-electron chi connectivity index (χ2n) is 11.3. The number of anilines is 1. The lowest BCUT2D eigenvalue weighted by Gasteiger charge is -2.43. The van der Waals surface area contributed by atoms with Crippen LogP contribution in [0.15, 0.2) is 41.7 Å². The molecule has 4 aromatic rings. The zero-order valence-corrected chi connectivity index (χ0v) is 25.6. The van der Waals surface area contributed by atoms with Crippen LogP contribution >= 0.6 is 11.6 Å². The first-order valence-corrected chi connectivity index (χ1v) is 14.4. The number of carboxylic acid groups (broad SMARTS) is 1. The molecule has 1 fully saturated rings. The molecule has 2 atom stereocenters. The van der Waals surface area contributed by atoms with Crippen molar-refractivity contribution in [2.45, 2.75) is 59.5 Å². The van der Waals surface area contributed by atoms with Crippen molar-refractivity contribution in [1.29, 1.82) is 0 Å². The molecule has 0 radical (unpaired) electrons. The number of hydrogen-bond donors (Lipinski definition) is 1. The number of nitrogens with zero attached hydrogens (tertiary/aromatic N) is 7. The van der Waals surface area contributed by atoms with Crippen LogP contribution < -0.4 is 10.6 Å². The van der Waals surface area contributed by atoms with Gasteiger partial charge in [0.05, 0.1) is 33.2 Å². The highest BCUT2D eigenvalue weighted by Crippen LogP contribution is 2.36. The number of carbonyl (C=O) groups is 1. The van der Waals surface area contributed by atoms with Gasteiger partial charge >= 0.3 is 11.8 Å². The van der Waals surface area contributed by atoms with Crippen LogP contribution in [0.5, 0.6) is 0 Å². The zero-order chi connectivity index (χ0) is 31.3. The molecule has 4 heterocycles. The quantitative estimate of drug-likeness (QED) is 0.291. The highest BCUT2D eigenvalue weighted by atomic mass is 35.5. The monoisotopic (exact) mass is 605 g/mol. The Balaban J connectivity index is 1.87. The molecule has 43 heavy (non-hydrogen) atoms. The summed E-state index contributed by atoms with van der Waals surface area (Å²) >= 11 is 6.77. The van der Waals surface area contributed by atoms with Crippen molar-refractivity contribution < 1.29 is 14.3 Å². The van der Waals surface area contributed by atoms with E-state index in [1.807, 2.05) is 32.6 Å². The van der Waals surface area contributed by atoms with Crippen LogP contribution in [-0.4, -0.2) is 65.8 Å². The van der Waals surface area contributed by atoms with Crippen molar-refractivity contribution >= 4 is 40.1 Å². The molecule has 0 saturated carbocycles. The second-order valence-corrected chi connectivity index (χ2v) is 11.7. The summed E-state index contributed by atoms with van der Waals surface area (Å²) in [5, 5.41) is 10.3. The highest BCUT2D eigenvalue weighted by molar-refractivity contribution is 6.33. The van der Waals surface area contributed by atoms with Gasteiger partial charge in [0, 0.05) is 30.7 Å². The minimum Gasteiger partial charge on any atom is -0.465 e. The van der Waals surface area contributed by atoms with E-state index in [4.69, 9.17) is 21.6 Å². The van der Waals surface area contributed by atoms with Gasteiger partial charge in [-0.1, -0.05) is 44.2 Å². The Labute approximate surface area is 253 Å². The van der Waals surface area contributed by atoms with E-state index in [-0.39, 0.29) is 46.5 Å². The van der Waals surface area contributed by atoms with Crippen molar-refractivity contribution in [3.05, 3.63) is 75.4 Å². The molecule has 1 aliphatic rings. The molecule has 0 bridgehead atoms. The van der Waals surface area contributed by atoms with E-state index in [0.717, 1.165) is 0 Å². The largest absolute Gasteiger partial charge is 0.465 e. The predicted octanol–water partition coefficient (Wildman–Crippen LogP) is 6.07. The maximum Gasteiger partial charge on any atom is 0.407 e. The summed E-state index contributed by atoms with van der Waals surface area (Å²) in [6.07, 6.45) is -1.01. The maximum atomic E-state index is 15.0. The van der Waals surface area contributed by atoms with Crippen LogP contribution in [0, 0.1) is 12.7 Å². The average Bonchev–Trinajstić information content (AvgIpc) is 2.94. The van der Waals surface area contributed by atoms with Gasteiger partial charge in [-0.25, -0.2) is 33.5 Å². The topological polar surface area (TPSA) is 117 Å². The van der Waals surface area contributed by atoms with Gasteiger partial charge in [-0.05, 0) is 57.4 Å². The van der Waals surface area contributed by atoms with Gasteiger partial charge in [0.25, 0.3) is 0 Å². The molecular weight excluding hydrogens is 573 g/mol. The minimum absolute atomic E-state index is 0.111. The Bertz CT molecular complexity index is 1840. The van der Waals surface area contributed by atoms with Crippen molar-refractivity contribution in [2.75, 3.05) is 18.0 Å². The van der Waals surface area contributed by atoms with E-state index in [1.165, 1.54) is 15.5 Å². The van der Waals surface area contributed by atoms with Crippen LogP contribution in [0.25, 0.3) is 33.6 Å². The molecule has 12 heteroatoms. The summed E-state index contributed by atoms with van der Waals surface area (Å²) in [4.78, 5) is 47.9. The Morgan fingerprint density at radius 1 is 1.12 bits per heavy atom. The van der Waals surface area contributed by atoms with Crippen molar-refractivity contribution in [3.63, 3.8) is 0 Å². The third-order valence-corrected chi connectivity index (χ3v) is 7.96. The fourth-order valence-corrected chi connectivity index (χ4v) is 5.77. The summed E-state index contributed by atoms with van der Waals surface area (Å²) in [5.74, 6) is 0.159. The molecule has 224 valence electrons. The van der Waals surface area contributed by atoms with E-state index in [1.54, 1.807) is 38.1 Å². The molecule has 1 N–H and O–H groups in total. The van der Waals surface area contributed by atoms with Gasteiger partial charge in [0.2, 0.25) is 0 Å². The lowest BCUT2D eigenvalue weighted by molar-refractivity contribution is 0.114. The molecule has 0 spiro atoms. The zero-order valence-electron chi connectivity index (χ0n) is 24.9. The van der Waals surface area contributed by atoms with E-state index >= 15 is 4.39 Å². The van der Waals surface area contributed by atoms with Gasteiger partial charge in [0.15, 0.2) is 11.5 Å². The first kappa shape index (κ1) is 30.1. The normalized spacial score (nSPS) is 17.1. The summed E-state index contributed by atoms with van der Waals surface area (Å²) in [7, 11) is 0. The fraction of sp³-hybridized carbons (Fsp3) is 0.355. The molecule has 1 amide bonds. The van der Waals surface area contributed by atoms with Crippen LogP contribution in [0.4, 0.5) is 15.0 Å². The van der Waals surface area contributed by atoms with Crippen LogP contribution in [0.3, 0.4) is 0 Å². The summed E-state index contributed by atoms with van der Waals surface area (Å²) < 4.78 is 16.4. The number of hydrogen-bond acceptors (Lipinski definition) is 7. The SMILES string of the molecule is C=C(C)c1nc(C)c(-n2c(=O)nc(N3C[C@@H](C)N(C(=O)O)C[C@@H]3C)c3cc(Cl)c(-c4ccccc4F)nc32)c(C(C)C)n1. The van der Waals surface area contributed by atoms with Crippen molar-refractivity contribution in [2.24, 2.45) is 0 Å². The molecular formula is C31H33ClFN7O3. The van der Waals surface area contributed by atoms with Gasteiger partial charge in [-0.3, -0.25) is 0 Å². The lowest BCUT2D eigenvalue weighted by Crippen LogP contribution is -2.58. The number of piperazine rings is 1. The summed E-state index contributed by atoms with van der Waals surface area (Å²) in [6, 6.07) is 7.11. The fourth-order valence-electron chi connectivity index (χ4n) is 5.52. The number of amides is 1. The number of fused-ring (bicyclic) bond motifs is 1. The van der Waals surface area contributed by atoms with E-state index < -0.39 is 17.6 Å². The molecule has 10 nitrogen and oxygen atoms in total. The number of aromatic nitrogens is 5. The summed E-state index contributed by atoms with van der Waals surface area (Å²) in [5.41, 5.74) is 2.15. The number of pyridine rings is 1. The van der Waals surface area contributed by atoms with E-state index in [2.05, 4.69) is 16.5 Å². The Morgan fingerprint density at radius 3 is 2.44 bits per heavy atom. The standard InChI is InChI=1S/C31H33ClFN7O3/c1-15(2)24-26(19(7)34-27(35-24)16(3)4)40-29-21(12-22(32)25(36-29)20-10-8-9-11-23(20)33)28(37-30(40)41)38-13-18(6)39(31(42)43)14-17(38)5/h8-12,15,17-18H,3,13-14H2,1-2,4-7H3,(H,42,43)/t17-,18+/m0/s1. The Hall–Kier alpha value is -4.38. The number of benzene rings is 1. The van der Waals surface area contributed by atoms with Crippen LogP contribution in [0.1, 0.15) is 57.7 Å². The van der Waals surface area contributed by atoms with Crippen LogP contribution in [0.2, 0.25) is 5.02 Å². The minimum atomic E-state index is -1.01. The lowest BCUT2D eigenvalue weighted by atomic mass is 10.1. The van der Waals surface area contributed by atoms with Gasteiger partial charge in [0.1, 0.15) is 11.6 Å². The number of allylic oxidation sites excluding steroid dienone is 1. The average molecular weight is 606 g/mol. The van der Waals surface area contributed by atoms with E-state index in [9.17, 15) is 14.7 Å².